The number of amides is 2. The number of carbonyl (C=O) groups is 2. The van der Waals surface area contributed by atoms with E-state index in [4.69, 9.17) is 4.74 Å². The molecular formula is C22H23FN2O3. The minimum absolute atomic E-state index is 0.00467. The lowest BCUT2D eigenvalue weighted by atomic mass is 10.2. The van der Waals surface area contributed by atoms with Crippen molar-refractivity contribution in [3.8, 4) is 5.75 Å². The van der Waals surface area contributed by atoms with Crippen LogP contribution < -0.4 is 4.74 Å². The van der Waals surface area contributed by atoms with Crippen LogP contribution in [0.25, 0.3) is 6.08 Å². The van der Waals surface area contributed by atoms with E-state index in [9.17, 15) is 14.0 Å². The zero-order chi connectivity index (χ0) is 19.8. The zero-order valence-corrected chi connectivity index (χ0v) is 15.6. The smallest absolute Gasteiger partial charge is 0.246 e. The molecule has 0 saturated carbocycles. The minimum atomic E-state index is -0.373. The Kier molecular flexibility index (Phi) is 6.78. The molecule has 2 amide bonds. The molecule has 6 heteroatoms. The lowest BCUT2D eigenvalue weighted by Crippen LogP contribution is -2.37. The Morgan fingerprint density at radius 3 is 2.57 bits per heavy atom. The molecule has 0 N–H and O–H groups in total. The molecule has 0 unspecified atom stereocenters. The maximum Gasteiger partial charge on any atom is 0.246 e. The zero-order valence-electron chi connectivity index (χ0n) is 15.6. The normalized spacial score (nSPS) is 15.0. The first-order valence-electron chi connectivity index (χ1n) is 9.30. The van der Waals surface area contributed by atoms with E-state index in [1.807, 2.05) is 30.3 Å². The number of para-hydroxylation sites is 1. The van der Waals surface area contributed by atoms with Crippen LogP contribution in [0.2, 0.25) is 0 Å². The summed E-state index contributed by atoms with van der Waals surface area (Å²) in [5.74, 6) is 0.172. The number of hydrogen-bond acceptors (Lipinski definition) is 3. The summed E-state index contributed by atoms with van der Waals surface area (Å²) in [6.07, 6.45) is 3.09. The van der Waals surface area contributed by atoms with Crippen molar-refractivity contribution < 1.29 is 18.7 Å². The third-order valence-electron chi connectivity index (χ3n) is 4.58. The molecule has 146 valence electrons. The minimum Gasteiger partial charge on any atom is -0.492 e. The summed E-state index contributed by atoms with van der Waals surface area (Å²) in [7, 11) is 0. The van der Waals surface area contributed by atoms with Gasteiger partial charge in [-0.25, -0.2) is 4.39 Å². The van der Waals surface area contributed by atoms with Gasteiger partial charge < -0.3 is 14.5 Å². The second kappa shape index (κ2) is 9.69. The summed E-state index contributed by atoms with van der Waals surface area (Å²) < 4.78 is 19.3. The highest BCUT2D eigenvalue weighted by atomic mass is 19.1. The molecule has 2 aromatic carbocycles. The maximum atomic E-state index is 13.7. The van der Waals surface area contributed by atoms with Crippen LogP contribution in [-0.4, -0.2) is 54.4 Å². The predicted molar refractivity (Wildman–Crippen MR) is 105 cm³/mol. The van der Waals surface area contributed by atoms with Gasteiger partial charge in [0.2, 0.25) is 11.8 Å². The van der Waals surface area contributed by atoms with Crippen LogP contribution in [0, 0.1) is 5.82 Å². The maximum absolute atomic E-state index is 13.7. The van der Waals surface area contributed by atoms with Gasteiger partial charge in [-0.1, -0.05) is 36.4 Å². The SMILES string of the molecule is O=C(C=Cc1ccccc1F)N1CCC(=O)N(CCOc2ccccc2)CC1. The van der Waals surface area contributed by atoms with Gasteiger partial charge in [0.25, 0.3) is 0 Å². The first-order valence-corrected chi connectivity index (χ1v) is 9.30. The van der Waals surface area contributed by atoms with Gasteiger partial charge >= 0.3 is 0 Å². The molecule has 0 bridgehead atoms. The quantitative estimate of drug-likeness (QED) is 0.722. The Morgan fingerprint density at radius 1 is 1.04 bits per heavy atom. The molecule has 0 radical (unpaired) electrons. The summed E-state index contributed by atoms with van der Waals surface area (Å²) in [6.45, 7) is 2.13. The molecule has 1 saturated heterocycles. The average molecular weight is 382 g/mol. The monoisotopic (exact) mass is 382 g/mol. The molecule has 0 aliphatic carbocycles. The fraction of sp³-hybridized carbons (Fsp3) is 0.273. The molecule has 0 spiro atoms. The van der Waals surface area contributed by atoms with Gasteiger partial charge in [-0.2, -0.15) is 0 Å². The lowest BCUT2D eigenvalue weighted by molar-refractivity contribution is -0.130. The number of rotatable bonds is 6. The molecule has 5 nitrogen and oxygen atoms in total. The van der Waals surface area contributed by atoms with E-state index in [1.165, 1.54) is 18.2 Å². The van der Waals surface area contributed by atoms with E-state index in [1.54, 1.807) is 28.0 Å². The van der Waals surface area contributed by atoms with Gasteiger partial charge in [0.15, 0.2) is 0 Å². The molecule has 1 heterocycles. The Bertz CT molecular complexity index is 839. The van der Waals surface area contributed by atoms with Crippen LogP contribution in [0.3, 0.4) is 0 Å². The van der Waals surface area contributed by atoms with E-state index in [-0.39, 0.29) is 24.1 Å². The Labute approximate surface area is 164 Å². The van der Waals surface area contributed by atoms with Gasteiger partial charge in [0.05, 0.1) is 6.54 Å². The summed E-state index contributed by atoms with van der Waals surface area (Å²) in [4.78, 5) is 28.1. The van der Waals surface area contributed by atoms with Crippen molar-refractivity contribution in [3.63, 3.8) is 0 Å². The highest BCUT2D eigenvalue weighted by Gasteiger charge is 2.22. The lowest BCUT2D eigenvalue weighted by Gasteiger charge is -2.21. The van der Waals surface area contributed by atoms with Crippen molar-refractivity contribution in [2.24, 2.45) is 0 Å². The van der Waals surface area contributed by atoms with Crippen LogP contribution in [0.15, 0.2) is 60.7 Å². The van der Waals surface area contributed by atoms with Crippen molar-refractivity contribution in [1.29, 1.82) is 0 Å². The summed E-state index contributed by atoms with van der Waals surface area (Å²) >= 11 is 0. The van der Waals surface area contributed by atoms with E-state index >= 15 is 0 Å². The predicted octanol–water partition coefficient (Wildman–Crippen LogP) is 2.98. The molecule has 1 aliphatic heterocycles. The van der Waals surface area contributed by atoms with Gasteiger partial charge in [-0.05, 0) is 24.3 Å². The molecule has 1 aliphatic rings. The van der Waals surface area contributed by atoms with Gasteiger partial charge in [0, 0.05) is 37.7 Å². The van der Waals surface area contributed by atoms with Crippen LogP contribution in [0.4, 0.5) is 4.39 Å². The van der Waals surface area contributed by atoms with Crippen LogP contribution in [-0.2, 0) is 9.59 Å². The summed E-state index contributed by atoms with van der Waals surface area (Å²) in [6, 6.07) is 15.7. The van der Waals surface area contributed by atoms with Crippen molar-refractivity contribution in [2.45, 2.75) is 6.42 Å². The van der Waals surface area contributed by atoms with Crippen molar-refractivity contribution in [2.75, 3.05) is 32.8 Å². The molecule has 28 heavy (non-hydrogen) atoms. The molecular weight excluding hydrogens is 359 g/mol. The van der Waals surface area contributed by atoms with E-state index in [0.717, 1.165) is 5.75 Å². The number of hydrogen-bond donors (Lipinski definition) is 0. The molecule has 1 fully saturated rings. The topological polar surface area (TPSA) is 49.9 Å². The number of halogens is 1. The molecule has 2 aromatic rings. The molecule has 3 rings (SSSR count). The first-order chi connectivity index (χ1) is 13.6. The van der Waals surface area contributed by atoms with Gasteiger partial charge in [0.1, 0.15) is 18.2 Å². The third kappa shape index (κ3) is 5.42. The van der Waals surface area contributed by atoms with E-state index < -0.39 is 0 Å². The van der Waals surface area contributed by atoms with Crippen molar-refractivity contribution in [1.82, 2.24) is 9.80 Å². The van der Waals surface area contributed by atoms with Gasteiger partial charge in [-0.3, -0.25) is 9.59 Å². The summed E-state index contributed by atoms with van der Waals surface area (Å²) in [5, 5.41) is 0. The molecule has 0 aromatic heterocycles. The van der Waals surface area contributed by atoms with Crippen molar-refractivity contribution in [3.05, 3.63) is 72.1 Å². The second-order valence-corrected chi connectivity index (χ2v) is 6.47. The Balaban J connectivity index is 1.50. The average Bonchev–Trinajstić information content (AvgIpc) is 2.90. The number of benzene rings is 2. The van der Waals surface area contributed by atoms with E-state index in [2.05, 4.69) is 0 Å². The fourth-order valence-electron chi connectivity index (χ4n) is 2.99. The standard InChI is InChI=1S/C22H23FN2O3/c23-20-9-5-4-6-18(20)10-11-21(26)24-13-12-22(27)25(15-14-24)16-17-28-19-7-2-1-3-8-19/h1-11H,12-17H2. The third-order valence-corrected chi connectivity index (χ3v) is 4.58. The fourth-order valence-corrected chi connectivity index (χ4v) is 2.99. The van der Waals surface area contributed by atoms with Crippen LogP contribution in [0.5, 0.6) is 5.75 Å². The van der Waals surface area contributed by atoms with Gasteiger partial charge in [-0.15, -0.1) is 0 Å². The number of carbonyl (C=O) groups excluding carboxylic acids is 2. The number of nitrogens with zero attached hydrogens (tertiary/aromatic N) is 2. The second-order valence-electron chi connectivity index (χ2n) is 6.47. The van der Waals surface area contributed by atoms with Crippen molar-refractivity contribution >= 4 is 17.9 Å². The highest BCUT2D eigenvalue weighted by Crippen LogP contribution is 2.11. The molecule has 0 atom stereocenters. The Hall–Kier alpha value is -3.15. The number of ether oxygens (including phenoxy) is 1. The van der Waals surface area contributed by atoms with Crippen LogP contribution in [0.1, 0.15) is 12.0 Å². The van der Waals surface area contributed by atoms with Crippen LogP contribution >= 0.6 is 0 Å². The largest absolute Gasteiger partial charge is 0.492 e. The first kappa shape index (κ1) is 19.6. The van der Waals surface area contributed by atoms with E-state index in [0.29, 0.717) is 38.3 Å². The highest BCUT2D eigenvalue weighted by molar-refractivity contribution is 5.92. The summed E-state index contributed by atoms with van der Waals surface area (Å²) in [5.41, 5.74) is 0.362. The Morgan fingerprint density at radius 2 is 1.79 bits per heavy atom.